The Morgan fingerprint density at radius 2 is 1.61 bits per heavy atom. The zero-order valence-electron chi connectivity index (χ0n) is 15.7. The molecule has 136 valence electrons. The minimum absolute atomic E-state index is 0.290. The zero-order valence-corrected chi connectivity index (χ0v) is 15.7. The van der Waals surface area contributed by atoms with Crippen molar-refractivity contribution in [1.82, 2.24) is 0 Å². The van der Waals surface area contributed by atoms with Crippen LogP contribution in [0.5, 0.6) is 0 Å². The Hall–Kier alpha value is -3.18. The number of fused-ring (bicyclic) bond motifs is 2. The number of nitriles is 1. The van der Waals surface area contributed by atoms with Crippen LogP contribution in [0.4, 0.5) is 0 Å². The van der Waals surface area contributed by atoms with Crippen molar-refractivity contribution in [2.75, 3.05) is 0 Å². The fourth-order valence-electron chi connectivity index (χ4n) is 5.01. The minimum Gasteiger partial charge on any atom is -0.294 e. The van der Waals surface area contributed by atoms with E-state index in [1.165, 1.54) is 16.7 Å². The number of benzene rings is 3. The van der Waals surface area contributed by atoms with Crippen LogP contribution in [0.1, 0.15) is 45.5 Å². The second-order valence-corrected chi connectivity index (χ2v) is 8.15. The molecule has 2 nitrogen and oxygen atoms in total. The zero-order chi connectivity index (χ0) is 19.1. The Balaban J connectivity index is 1.54. The van der Waals surface area contributed by atoms with Crippen molar-refractivity contribution in [1.29, 1.82) is 5.26 Å². The third kappa shape index (κ3) is 2.67. The number of ketones is 1. The maximum atomic E-state index is 13.6. The van der Waals surface area contributed by atoms with Gasteiger partial charge in [-0.3, -0.25) is 4.79 Å². The van der Waals surface area contributed by atoms with Crippen molar-refractivity contribution >= 4 is 5.78 Å². The molecule has 0 aromatic heterocycles. The Morgan fingerprint density at radius 3 is 2.46 bits per heavy atom. The van der Waals surface area contributed by atoms with Crippen LogP contribution in [0.25, 0.3) is 11.1 Å². The minimum atomic E-state index is -0.290. The van der Waals surface area contributed by atoms with E-state index in [0.717, 1.165) is 48.8 Å². The molecule has 0 amide bonds. The molecule has 0 N–H and O–H groups in total. The first-order valence-corrected chi connectivity index (χ1v) is 9.94. The maximum Gasteiger partial charge on any atom is 0.169 e. The molecule has 2 aliphatic rings. The first-order valence-electron chi connectivity index (χ1n) is 9.94. The Labute approximate surface area is 165 Å². The fourth-order valence-corrected chi connectivity index (χ4v) is 5.01. The average Bonchev–Trinajstić information content (AvgIpc) is 2.88. The maximum absolute atomic E-state index is 13.6. The van der Waals surface area contributed by atoms with Crippen molar-refractivity contribution in [3.05, 3.63) is 94.5 Å². The fraction of sp³-hybridized carbons (Fsp3) is 0.231. The number of carbonyl (C=O) groups is 1. The molecule has 3 aromatic rings. The van der Waals surface area contributed by atoms with E-state index in [0.29, 0.717) is 11.3 Å². The monoisotopic (exact) mass is 363 g/mol. The molecular formula is C26H21NO. The summed E-state index contributed by atoms with van der Waals surface area (Å²) < 4.78 is 0. The second-order valence-electron chi connectivity index (χ2n) is 8.15. The van der Waals surface area contributed by atoms with Crippen molar-refractivity contribution in [3.63, 3.8) is 0 Å². The number of nitrogens with zero attached hydrogens (tertiary/aromatic N) is 1. The van der Waals surface area contributed by atoms with E-state index < -0.39 is 0 Å². The van der Waals surface area contributed by atoms with Crippen molar-refractivity contribution in [2.24, 2.45) is 5.41 Å². The molecule has 0 fully saturated rings. The quantitative estimate of drug-likeness (QED) is 0.570. The smallest absolute Gasteiger partial charge is 0.169 e. The van der Waals surface area contributed by atoms with Gasteiger partial charge in [0.15, 0.2) is 5.78 Å². The topological polar surface area (TPSA) is 40.9 Å². The molecule has 0 aliphatic heterocycles. The van der Waals surface area contributed by atoms with Gasteiger partial charge in [-0.05, 0) is 78.1 Å². The molecule has 0 radical (unpaired) electrons. The van der Waals surface area contributed by atoms with Gasteiger partial charge in [-0.25, -0.2) is 0 Å². The van der Waals surface area contributed by atoms with Gasteiger partial charge in [0.25, 0.3) is 0 Å². The van der Waals surface area contributed by atoms with Gasteiger partial charge in [-0.15, -0.1) is 0 Å². The number of aryl methyl sites for hydroxylation is 1. The predicted molar refractivity (Wildman–Crippen MR) is 110 cm³/mol. The van der Waals surface area contributed by atoms with Crippen LogP contribution >= 0.6 is 0 Å². The number of Topliss-reactive ketones (excluding diaryl/α,β-unsaturated/α-hetero) is 1. The highest BCUT2D eigenvalue weighted by molar-refractivity contribution is 6.06. The summed E-state index contributed by atoms with van der Waals surface area (Å²) in [7, 11) is 0. The third-order valence-corrected chi connectivity index (χ3v) is 6.44. The highest BCUT2D eigenvalue weighted by Crippen LogP contribution is 2.46. The SMILES string of the molecule is N#Cc1cccc(-c2ccc3c(c2)C(=O)C2(CCCc4ccccc4C2)C3)c1. The predicted octanol–water partition coefficient (Wildman–Crippen LogP) is 5.53. The van der Waals surface area contributed by atoms with Gasteiger partial charge in [0.05, 0.1) is 11.6 Å². The first kappa shape index (κ1) is 17.0. The summed E-state index contributed by atoms with van der Waals surface area (Å²) >= 11 is 0. The molecule has 1 spiro atoms. The molecule has 0 saturated heterocycles. The molecule has 0 bridgehead atoms. The lowest BCUT2D eigenvalue weighted by Gasteiger charge is -2.26. The Morgan fingerprint density at radius 1 is 0.821 bits per heavy atom. The summed E-state index contributed by atoms with van der Waals surface area (Å²) in [6, 6.07) is 24.6. The summed E-state index contributed by atoms with van der Waals surface area (Å²) in [6.45, 7) is 0. The third-order valence-electron chi connectivity index (χ3n) is 6.44. The van der Waals surface area contributed by atoms with Crippen molar-refractivity contribution < 1.29 is 4.79 Å². The first-order chi connectivity index (χ1) is 13.7. The van der Waals surface area contributed by atoms with E-state index in [2.05, 4.69) is 42.5 Å². The molecule has 2 aliphatic carbocycles. The van der Waals surface area contributed by atoms with E-state index in [1.807, 2.05) is 24.3 Å². The molecule has 2 heteroatoms. The molecule has 5 rings (SSSR count). The summed E-state index contributed by atoms with van der Waals surface area (Å²) in [5.41, 5.74) is 7.13. The lowest BCUT2D eigenvalue weighted by Crippen LogP contribution is -2.30. The van der Waals surface area contributed by atoms with Crippen LogP contribution in [0, 0.1) is 16.7 Å². The van der Waals surface area contributed by atoms with Gasteiger partial charge >= 0.3 is 0 Å². The van der Waals surface area contributed by atoms with Gasteiger partial charge in [0.1, 0.15) is 0 Å². The Bertz CT molecular complexity index is 1140. The van der Waals surface area contributed by atoms with Gasteiger partial charge in [-0.1, -0.05) is 48.5 Å². The van der Waals surface area contributed by atoms with E-state index in [9.17, 15) is 10.1 Å². The molecular weight excluding hydrogens is 342 g/mol. The molecule has 0 heterocycles. The highest BCUT2D eigenvalue weighted by atomic mass is 16.1. The lowest BCUT2D eigenvalue weighted by atomic mass is 9.75. The van der Waals surface area contributed by atoms with Gasteiger partial charge in [0.2, 0.25) is 0 Å². The number of hydrogen-bond donors (Lipinski definition) is 0. The highest BCUT2D eigenvalue weighted by Gasteiger charge is 2.46. The summed E-state index contributed by atoms with van der Waals surface area (Å²) in [5, 5.41) is 9.17. The van der Waals surface area contributed by atoms with Crippen molar-refractivity contribution in [3.8, 4) is 17.2 Å². The number of hydrogen-bond acceptors (Lipinski definition) is 2. The molecule has 0 saturated carbocycles. The Kier molecular flexibility index (Phi) is 3.91. The molecule has 28 heavy (non-hydrogen) atoms. The van der Waals surface area contributed by atoms with Crippen LogP contribution in [-0.2, 0) is 19.3 Å². The normalized spacial score (nSPS) is 20.3. The van der Waals surface area contributed by atoms with Crippen LogP contribution < -0.4 is 0 Å². The van der Waals surface area contributed by atoms with Crippen molar-refractivity contribution in [2.45, 2.75) is 32.1 Å². The van der Waals surface area contributed by atoms with Crippen LogP contribution in [-0.4, -0.2) is 5.78 Å². The molecule has 1 atom stereocenters. The molecule has 1 unspecified atom stereocenters. The van der Waals surface area contributed by atoms with E-state index in [1.54, 1.807) is 6.07 Å². The number of carbonyl (C=O) groups excluding carboxylic acids is 1. The van der Waals surface area contributed by atoms with Gasteiger partial charge < -0.3 is 0 Å². The van der Waals surface area contributed by atoms with E-state index in [4.69, 9.17) is 0 Å². The standard InChI is InChI=1S/C26H21NO/c27-17-18-5-3-8-20(13-18)21-10-11-23-16-26(25(28)24(23)14-21)12-4-9-19-6-1-2-7-22(19)15-26/h1-3,5-8,10-11,13-14H,4,9,12,15-16H2. The van der Waals surface area contributed by atoms with Gasteiger partial charge in [-0.2, -0.15) is 5.26 Å². The second kappa shape index (κ2) is 6.46. The summed E-state index contributed by atoms with van der Waals surface area (Å²) in [6.07, 6.45) is 4.76. The average molecular weight is 363 g/mol. The summed E-state index contributed by atoms with van der Waals surface area (Å²) in [5.74, 6) is 0.303. The van der Waals surface area contributed by atoms with Crippen LogP contribution in [0.3, 0.4) is 0 Å². The van der Waals surface area contributed by atoms with E-state index in [-0.39, 0.29) is 5.41 Å². The number of rotatable bonds is 1. The van der Waals surface area contributed by atoms with Crippen LogP contribution in [0.15, 0.2) is 66.7 Å². The van der Waals surface area contributed by atoms with Crippen LogP contribution in [0.2, 0.25) is 0 Å². The van der Waals surface area contributed by atoms with E-state index >= 15 is 0 Å². The molecule has 3 aromatic carbocycles. The summed E-state index contributed by atoms with van der Waals surface area (Å²) in [4.78, 5) is 13.6. The lowest BCUT2D eigenvalue weighted by molar-refractivity contribution is 0.0804. The largest absolute Gasteiger partial charge is 0.294 e. The van der Waals surface area contributed by atoms with Gasteiger partial charge in [0, 0.05) is 11.0 Å².